The lowest BCUT2D eigenvalue weighted by Gasteiger charge is -2.42. The molecule has 0 radical (unpaired) electrons. The van der Waals surface area contributed by atoms with Crippen LogP contribution < -0.4 is 10.6 Å². The maximum absolute atomic E-state index is 8.56. The number of nitrogens with two attached hydrogens (primary N) is 1. The molecule has 1 aliphatic rings. The van der Waals surface area contributed by atoms with Gasteiger partial charge in [-0.1, -0.05) is 5.16 Å². The molecule has 0 spiro atoms. The third-order valence-corrected chi connectivity index (χ3v) is 2.93. The lowest BCUT2D eigenvalue weighted by Crippen LogP contribution is -2.53. The molecule has 0 bridgehead atoms. The molecule has 2 heterocycles. The smallest absolute Gasteiger partial charge is 0.190 e. The Kier molecular flexibility index (Phi) is 3.33. The fourth-order valence-corrected chi connectivity index (χ4v) is 1.93. The van der Waals surface area contributed by atoms with Crippen LogP contribution >= 0.6 is 0 Å². The second-order valence-corrected chi connectivity index (χ2v) is 4.76. The first-order chi connectivity index (χ1) is 8.54. The molecular weight excluding hydrogens is 234 g/mol. The van der Waals surface area contributed by atoms with Gasteiger partial charge in [0.2, 0.25) is 0 Å². The predicted octanol–water partition coefficient (Wildman–Crippen LogP) is 0.186. The number of aromatic nitrogens is 2. The normalized spacial score (nSPS) is 19.9. The van der Waals surface area contributed by atoms with E-state index in [9.17, 15) is 0 Å². The summed E-state index contributed by atoms with van der Waals surface area (Å²) in [5, 5.41) is 11.4. The zero-order valence-corrected chi connectivity index (χ0v) is 10.5. The van der Waals surface area contributed by atoms with Crippen LogP contribution in [0.2, 0.25) is 0 Å². The summed E-state index contributed by atoms with van der Waals surface area (Å²) in [5.74, 6) is 0.716. The molecule has 1 aliphatic heterocycles. The van der Waals surface area contributed by atoms with Crippen LogP contribution in [-0.2, 0) is 4.74 Å². The van der Waals surface area contributed by atoms with Crippen LogP contribution in [0.1, 0.15) is 19.5 Å². The van der Waals surface area contributed by atoms with Gasteiger partial charge in [-0.3, -0.25) is 0 Å². The van der Waals surface area contributed by atoms with E-state index in [1.54, 1.807) is 6.20 Å². The number of hydrogen-bond acceptors (Lipinski definition) is 6. The molecule has 0 unspecified atom stereocenters. The Bertz CT molecular complexity index is 443. The molecule has 7 nitrogen and oxygen atoms in total. The summed E-state index contributed by atoms with van der Waals surface area (Å²) in [4.78, 5) is 10.6. The number of hydrogen-bond donors (Lipinski definition) is 2. The van der Waals surface area contributed by atoms with Crippen LogP contribution in [-0.4, -0.2) is 46.3 Å². The second-order valence-electron chi connectivity index (χ2n) is 4.76. The Morgan fingerprint density at radius 1 is 1.50 bits per heavy atom. The van der Waals surface area contributed by atoms with Gasteiger partial charge in [0.05, 0.1) is 31.1 Å². The molecule has 0 saturated carbocycles. The zero-order chi connectivity index (χ0) is 13.2. The van der Waals surface area contributed by atoms with Crippen molar-refractivity contribution in [2.75, 3.05) is 24.7 Å². The van der Waals surface area contributed by atoms with Gasteiger partial charge in [-0.05, 0) is 13.8 Å². The van der Waals surface area contributed by atoms with E-state index in [1.807, 2.05) is 0 Å². The topological polar surface area (TPSA) is 96.9 Å². The number of ether oxygens (including phenoxy) is 1. The van der Waals surface area contributed by atoms with Crippen molar-refractivity contribution in [2.24, 2.45) is 10.9 Å². The molecule has 0 aliphatic carbocycles. The van der Waals surface area contributed by atoms with Gasteiger partial charge in [-0.15, -0.1) is 0 Å². The van der Waals surface area contributed by atoms with Crippen LogP contribution in [0.5, 0.6) is 0 Å². The van der Waals surface area contributed by atoms with E-state index in [0.717, 1.165) is 12.4 Å². The van der Waals surface area contributed by atoms with Gasteiger partial charge in [0.1, 0.15) is 11.5 Å². The Morgan fingerprint density at radius 3 is 2.83 bits per heavy atom. The molecule has 0 aromatic carbocycles. The van der Waals surface area contributed by atoms with Crippen molar-refractivity contribution in [1.82, 2.24) is 9.97 Å². The molecule has 7 heteroatoms. The summed E-state index contributed by atoms with van der Waals surface area (Å²) < 4.78 is 5.45. The van der Waals surface area contributed by atoms with Crippen molar-refractivity contribution >= 4 is 11.7 Å². The molecule has 1 aromatic rings. The van der Waals surface area contributed by atoms with Crippen LogP contribution in [0.4, 0.5) is 5.82 Å². The summed E-state index contributed by atoms with van der Waals surface area (Å²) >= 11 is 0. The summed E-state index contributed by atoms with van der Waals surface area (Å²) in [6, 6.07) is 0. The summed E-state index contributed by atoms with van der Waals surface area (Å²) in [7, 11) is 0. The highest BCUT2D eigenvalue weighted by Gasteiger charge is 2.31. The monoisotopic (exact) mass is 251 g/mol. The van der Waals surface area contributed by atoms with E-state index in [0.29, 0.717) is 18.9 Å². The van der Waals surface area contributed by atoms with E-state index >= 15 is 0 Å². The van der Waals surface area contributed by atoms with Gasteiger partial charge in [-0.25, -0.2) is 9.97 Å². The first-order valence-electron chi connectivity index (χ1n) is 5.70. The molecule has 18 heavy (non-hydrogen) atoms. The molecule has 1 fully saturated rings. The zero-order valence-electron chi connectivity index (χ0n) is 10.5. The Labute approximate surface area is 105 Å². The van der Waals surface area contributed by atoms with Crippen molar-refractivity contribution in [1.29, 1.82) is 0 Å². The van der Waals surface area contributed by atoms with Gasteiger partial charge in [-0.2, -0.15) is 0 Å². The van der Waals surface area contributed by atoms with Crippen LogP contribution in [0.25, 0.3) is 0 Å². The average molecular weight is 251 g/mol. The lowest BCUT2D eigenvalue weighted by molar-refractivity contribution is 0.0639. The van der Waals surface area contributed by atoms with Crippen LogP contribution in [0.3, 0.4) is 0 Å². The molecule has 0 amide bonds. The fourth-order valence-electron chi connectivity index (χ4n) is 1.93. The highest BCUT2D eigenvalue weighted by Crippen LogP contribution is 2.24. The molecule has 1 aromatic heterocycles. The van der Waals surface area contributed by atoms with Gasteiger partial charge >= 0.3 is 0 Å². The van der Waals surface area contributed by atoms with Gasteiger partial charge in [0, 0.05) is 6.54 Å². The summed E-state index contributed by atoms with van der Waals surface area (Å²) in [6.45, 7) is 6.27. The standard InChI is InChI=1S/C11H17N5O2/c1-11(2)7-18-4-3-16(11)9-6-13-8(5-14-9)10(12)15-17/h5-6,17H,3-4,7H2,1-2H3,(H2,12,15). The van der Waals surface area contributed by atoms with E-state index < -0.39 is 0 Å². The summed E-state index contributed by atoms with van der Waals surface area (Å²) in [6.07, 6.45) is 3.12. The fraction of sp³-hybridized carbons (Fsp3) is 0.545. The van der Waals surface area contributed by atoms with E-state index in [2.05, 4.69) is 33.9 Å². The molecule has 2 rings (SSSR count). The molecule has 3 N–H and O–H groups in total. The van der Waals surface area contributed by atoms with Crippen LogP contribution in [0.15, 0.2) is 17.5 Å². The summed E-state index contributed by atoms with van der Waals surface area (Å²) in [5.41, 5.74) is 5.67. The third-order valence-electron chi connectivity index (χ3n) is 2.93. The Balaban J connectivity index is 2.23. The molecule has 0 atom stereocenters. The first kappa shape index (κ1) is 12.6. The van der Waals surface area contributed by atoms with E-state index in [4.69, 9.17) is 15.7 Å². The third kappa shape index (κ3) is 2.35. The van der Waals surface area contributed by atoms with Crippen LogP contribution in [0, 0.1) is 0 Å². The second kappa shape index (κ2) is 4.77. The minimum atomic E-state index is -0.120. The predicted molar refractivity (Wildman–Crippen MR) is 66.8 cm³/mol. The van der Waals surface area contributed by atoms with Gasteiger partial charge in [0.25, 0.3) is 0 Å². The quantitative estimate of drug-likeness (QED) is 0.337. The van der Waals surface area contributed by atoms with Crippen molar-refractivity contribution in [3.05, 3.63) is 18.1 Å². The highest BCUT2D eigenvalue weighted by molar-refractivity contribution is 5.94. The van der Waals surface area contributed by atoms with Crippen molar-refractivity contribution in [3.8, 4) is 0 Å². The molecule has 98 valence electrons. The Morgan fingerprint density at radius 2 is 2.28 bits per heavy atom. The number of nitrogens with zero attached hydrogens (tertiary/aromatic N) is 4. The first-order valence-corrected chi connectivity index (χ1v) is 5.70. The van der Waals surface area contributed by atoms with Crippen molar-refractivity contribution in [3.63, 3.8) is 0 Å². The molecular formula is C11H17N5O2. The largest absolute Gasteiger partial charge is 0.409 e. The minimum absolute atomic E-state index is 0.0460. The Hall–Kier alpha value is -1.89. The van der Waals surface area contributed by atoms with Crippen molar-refractivity contribution in [2.45, 2.75) is 19.4 Å². The number of rotatable bonds is 2. The SMILES string of the molecule is CC1(C)COCCN1c1cnc(C(N)=NO)cn1. The molecule has 1 saturated heterocycles. The lowest BCUT2D eigenvalue weighted by atomic mass is 10.0. The number of morpholine rings is 1. The minimum Gasteiger partial charge on any atom is -0.409 e. The van der Waals surface area contributed by atoms with Crippen molar-refractivity contribution < 1.29 is 9.94 Å². The maximum Gasteiger partial charge on any atom is 0.190 e. The number of amidine groups is 1. The van der Waals surface area contributed by atoms with Gasteiger partial charge < -0.3 is 20.6 Å². The highest BCUT2D eigenvalue weighted by atomic mass is 16.5. The number of anilines is 1. The van der Waals surface area contributed by atoms with Gasteiger partial charge in [0.15, 0.2) is 5.84 Å². The van der Waals surface area contributed by atoms with E-state index in [1.165, 1.54) is 6.20 Å². The average Bonchev–Trinajstić information content (AvgIpc) is 2.37. The number of oxime groups is 1. The maximum atomic E-state index is 8.56. The van der Waals surface area contributed by atoms with E-state index in [-0.39, 0.29) is 11.4 Å².